The van der Waals surface area contributed by atoms with Crippen molar-refractivity contribution in [1.29, 1.82) is 0 Å². The molecule has 10 heteroatoms. The molecular weight excluding hydrogens is 396 g/mol. The molecule has 9 nitrogen and oxygen atoms in total. The van der Waals surface area contributed by atoms with Crippen LogP contribution >= 0.6 is 11.6 Å². The number of halogens is 1. The summed E-state index contributed by atoms with van der Waals surface area (Å²) in [6.07, 6.45) is 3.80. The molecule has 0 radical (unpaired) electrons. The van der Waals surface area contributed by atoms with Gasteiger partial charge in [-0.05, 0) is 24.1 Å². The zero-order valence-electron chi connectivity index (χ0n) is 15.8. The second-order valence-electron chi connectivity index (χ2n) is 6.71. The van der Waals surface area contributed by atoms with Crippen molar-refractivity contribution in [1.82, 2.24) is 24.5 Å². The summed E-state index contributed by atoms with van der Waals surface area (Å²) in [5.41, 5.74) is 1.14. The number of hydrogen-bond donors (Lipinski definition) is 1. The van der Waals surface area contributed by atoms with Crippen LogP contribution in [0.5, 0.6) is 0 Å². The maximum Gasteiger partial charge on any atom is 0.350 e. The van der Waals surface area contributed by atoms with E-state index in [1.807, 2.05) is 29.2 Å². The van der Waals surface area contributed by atoms with Gasteiger partial charge in [-0.2, -0.15) is 0 Å². The Morgan fingerprint density at radius 3 is 2.72 bits per heavy atom. The molecule has 152 valence electrons. The van der Waals surface area contributed by atoms with Crippen molar-refractivity contribution in [3.8, 4) is 0 Å². The summed E-state index contributed by atoms with van der Waals surface area (Å²) < 4.78 is 7.95. The molecular formula is C19H21ClN6O3. The molecule has 1 saturated heterocycles. The van der Waals surface area contributed by atoms with Crippen LogP contribution in [0.15, 0.2) is 41.5 Å². The van der Waals surface area contributed by atoms with E-state index in [9.17, 15) is 9.59 Å². The highest BCUT2D eigenvalue weighted by molar-refractivity contribution is 6.30. The zero-order valence-corrected chi connectivity index (χ0v) is 16.5. The van der Waals surface area contributed by atoms with Gasteiger partial charge in [0.05, 0.1) is 13.2 Å². The molecule has 1 aliphatic rings. The summed E-state index contributed by atoms with van der Waals surface area (Å²) in [6, 6.07) is 7.46. The summed E-state index contributed by atoms with van der Waals surface area (Å²) in [5, 5.41) is 7.85. The molecule has 0 atom stereocenters. The first-order valence-corrected chi connectivity index (χ1v) is 9.77. The minimum absolute atomic E-state index is 0.149. The second-order valence-corrected chi connectivity index (χ2v) is 7.15. The second kappa shape index (κ2) is 8.62. The Morgan fingerprint density at radius 1 is 1.21 bits per heavy atom. The Labute approximate surface area is 171 Å². The number of aromatic nitrogens is 4. The number of ether oxygens (including phenoxy) is 1. The number of morpholine rings is 1. The minimum Gasteiger partial charge on any atom is -0.378 e. The van der Waals surface area contributed by atoms with Crippen LogP contribution in [0.4, 0.5) is 5.82 Å². The van der Waals surface area contributed by atoms with Crippen molar-refractivity contribution in [2.24, 2.45) is 0 Å². The van der Waals surface area contributed by atoms with Crippen LogP contribution in [0.3, 0.4) is 0 Å². The van der Waals surface area contributed by atoms with E-state index in [2.05, 4.69) is 15.4 Å². The van der Waals surface area contributed by atoms with Crippen molar-refractivity contribution >= 4 is 29.0 Å². The first-order chi connectivity index (χ1) is 14.1. The minimum atomic E-state index is -0.371. The number of hydrogen-bond acceptors (Lipinski definition) is 6. The van der Waals surface area contributed by atoms with Crippen LogP contribution in [0.1, 0.15) is 5.56 Å². The average Bonchev–Trinajstić information content (AvgIpc) is 3.06. The lowest BCUT2D eigenvalue weighted by Gasteiger charge is -2.27. The van der Waals surface area contributed by atoms with Crippen LogP contribution in [0.2, 0.25) is 5.02 Å². The maximum atomic E-state index is 12.6. The topological polar surface area (TPSA) is 93.8 Å². The molecule has 29 heavy (non-hydrogen) atoms. The van der Waals surface area contributed by atoms with Crippen molar-refractivity contribution in [2.75, 3.05) is 37.7 Å². The fourth-order valence-corrected chi connectivity index (χ4v) is 3.35. The normalized spacial score (nSPS) is 14.3. The Bertz CT molecular complexity index is 1060. The average molecular weight is 417 g/mol. The van der Waals surface area contributed by atoms with Gasteiger partial charge in [0.1, 0.15) is 6.54 Å². The Kier molecular flexibility index (Phi) is 5.77. The monoisotopic (exact) mass is 416 g/mol. The number of nitrogens with one attached hydrogen (secondary N) is 1. The summed E-state index contributed by atoms with van der Waals surface area (Å²) in [6.45, 7) is 2.87. The largest absolute Gasteiger partial charge is 0.378 e. The number of anilines is 1. The number of carbonyl (C=O) groups excluding carboxylic acids is 1. The SMILES string of the molecule is O=C(Cn1nc2c(N3CCOCC3)nccn2c1=O)NCCc1ccc(Cl)cc1. The van der Waals surface area contributed by atoms with Gasteiger partial charge in [0.25, 0.3) is 0 Å². The van der Waals surface area contributed by atoms with Gasteiger partial charge in [0.15, 0.2) is 5.82 Å². The van der Waals surface area contributed by atoms with Crippen LogP contribution < -0.4 is 15.9 Å². The number of nitrogens with zero attached hydrogens (tertiary/aromatic N) is 5. The number of benzene rings is 1. The third-order valence-electron chi connectivity index (χ3n) is 4.74. The van der Waals surface area contributed by atoms with Crippen LogP contribution in [-0.2, 0) is 22.5 Å². The van der Waals surface area contributed by atoms with E-state index in [4.69, 9.17) is 16.3 Å². The van der Waals surface area contributed by atoms with Gasteiger partial charge in [0, 0.05) is 37.1 Å². The third-order valence-corrected chi connectivity index (χ3v) is 4.99. The van der Waals surface area contributed by atoms with Gasteiger partial charge in [-0.3, -0.25) is 4.79 Å². The van der Waals surface area contributed by atoms with Crippen molar-refractivity contribution in [2.45, 2.75) is 13.0 Å². The fraction of sp³-hybridized carbons (Fsp3) is 0.368. The predicted molar refractivity (Wildman–Crippen MR) is 108 cm³/mol. The van der Waals surface area contributed by atoms with Crippen molar-refractivity contribution in [3.05, 3.63) is 57.7 Å². The van der Waals surface area contributed by atoms with E-state index in [-0.39, 0.29) is 18.1 Å². The van der Waals surface area contributed by atoms with E-state index < -0.39 is 0 Å². The van der Waals surface area contributed by atoms with Gasteiger partial charge in [-0.15, -0.1) is 5.10 Å². The quantitative estimate of drug-likeness (QED) is 0.637. The number of carbonyl (C=O) groups is 1. The highest BCUT2D eigenvalue weighted by Gasteiger charge is 2.19. The molecule has 2 aromatic heterocycles. The lowest BCUT2D eigenvalue weighted by molar-refractivity contribution is -0.121. The smallest absolute Gasteiger partial charge is 0.350 e. The Hall–Kier alpha value is -2.91. The molecule has 0 spiro atoms. The summed E-state index contributed by atoms with van der Waals surface area (Å²) in [4.78, 5) is 31.3. The molecule has 0 unspecified atom stereocenters. The van der Waals surface area contributed by atoms with E-state index in [1.54, 1.807) is 12.4 Å². The number of rotatable bonds is 6. The Morgan fingerprint density at radius 2 is 1.97 bits per heavy atom. The molecule has 1 aromatic carbocycles. The van der Waals surface area contributed by atoms with Crippen LogP contribution in [-0.4, -0.2) is 57.9 Å². The lowest BCUT2D eigenvalue weighted by Crippen LogP contribution is -2.37. The molecule has 3 heterocycles. The van der Waals surface area contributed by atoms with Gasteiger partial charge in [-0.1, -0.05) is 23.7 Å². The molecule has 1 fully saturated rings. The molecule has 3 aromatic rings. The molecule has 4 rings (SSSR count). The highest BCUT2D eigenvalue weighted by Crippen LogP contribution is 2.16. The highest BCUT2D eigenvalue weighted by atomic mass is 35.5. The van der Waals surface area contributed by atoms with E-state index in [0.29, 0.717) is 55.8 Å². The Balaban J connectivity index is 1.43. The summed E-state index contributed by atoms with van der Waals surface area (Å²) in [7, 11) is 0. The van der Waals surface area contributed by atoms with E-state index in [1.165, 1.54) is 9.08 Å². The number of fused-ring (bicyclic) bond motifs is 1. The molecule has 0 bridgehead atoms. The predicted octanol–water partition coefficient (Wildman–Crippen LogP) is 0.740. The van der Waals surface area contributed by atoms with Crippen molar-refractivity contribution < 1.29 is 9.53 Å². The van der Waals surface area contributed by atoms with Crippen LogP contribution in [0, 0.1) is 0 Å². The first-order valence-electron chi connectivity index (χ1n) is 9.40. The summed E-state index contributed by atoms with van der Waals surface area (Å²) in [5.74, 6) is 0.347. The van der Waals surface area contributed by atoms with E-state index in [0.717, 1.165) is 5.56 Å². The lowest BCUT2D eigenvalue weighted by atomic mass is 10.1. The standard InChI is InChI=1S/C19H21ClN6O3/c20-15-3-1-14(2-4-15)5-6-21-16(27)13-26-19(28)25-8-7-22-17(18(25)23-26)24-9-11-29-12-10-24/h1-4,7-8H,5-6,9-13H2,(H,21,27). The molecule has 1 aliphatic heterocycles. The maximum absolute atomic E-state index is 12.6. The van der Waals surface area contributed by atoms with Crippen LogP contribution in [0.25, 0.3) is 5.65 Å². The first kappa shape index (κ1) is 19.4. The third kappa shape index (κ3) is 4.41. The zero-order chi connectivity index (χ0) is 20.2. The molecule has 0 aliphatic carbocycles. The molecule has 0 saturated carbocycles. The fourth-order valence-electron chi connectivity index (χ4n) is 3.23. The van der Waals surface area contributed by atoms with Crippen molar-refractivity contribution in [3.63, 3.8) is 0 Å². The van der Waals surface area contributed by atoms with Gasteiger partial charge in [-0.25, -0.2) is 18.9 Å². The van der Waals surface area contributed by atoms with Gasteiger partial charge >= 0.3 is 5.69 Å². The van der Waals surface area contributed by atoms with Gasteiger partial charge < -0.3 is 15.0 Å². The van der Waals surface area contributed by atoms with Gasteiger partial charge in [0.2, 0.25) is 11.6 Å². The molecule has 1 N–H and O–H groups in total. The molecule has 1 amide bonds. The van der Waals surface area contributed by atoms with E-state index >= 15 is 0 Å². The number of amides is 1. The summed E-state index contributed by atoms with van der Waals surface area (Å²) >= 11 is 5.87.